The van der Waals surface area contributed by atoms with Crippen LogP contribution in [-0.2, 0) is 22.8 Å². The topological polar surface area (TPSA) is 90.9 Å². The largest absolute Gasteiger partial charge is 0.326 e. The summed E-state index contributed by atoms with van der Waals surface area (Å²) in [7, 11) is -3.14. The first-order valence-corrected chi connectivity index (χ1v) is 7.21. The van der Waals surface area contributed by atoms with Gasteiger partial charge in [-0.2, -0.15) is 0 Å². The molecule has 0 saturated carbocycles. The number of fused-ring (bicyclic) bond motifs is 1. The van der Waals surface area contributed by atoms with Crippen molar-refractivity contribution in [3.63, 3.8) is 0 Å². The molecule has 1 aliphatic rings. The van der Waals surface area contributed by atoms with Gasteiger partial charge in [0.2, 0.25) is 0 Å². The molecule has 0 saturated heterocycles. The van der Waals surface area contributed by atoms with Crippen molar-refractivity contribution in [2.45, 2.75) is 37.6 Å². The van der Waals surface area contributed by atoms with Gasteiger partial charge in [-0.1, -0.05) is 0 Å². The summed E-state index contributed by atoms with van der Waals surface area (Å²) in [6.45, 7) is 2.24. The van der Waals surface area contributed by atoms with Crippen LogP contribution in [-0.4, -0.2) is 35.5 Å². The zero-order valence-electron chi connectivity index (χ0n) is 9.42. The van der Waals surface area contributed by atoms with Crippen molar-refractivity contribution in [3.05, 3.63) is 11.6 Å². The summed E-state index contributed by atoms with van der Waals surface area (Å²) in [5.41, 5.74) is 5.86. The average Bonchev–Trinajstić information content (AvgIpc) is 2.57. The summed E-state index contributed by atoms with van der Waals surface area (Å²) in [5, 5.41) is 7.37. The highest BCUT2D eigenvalue weighted by Gasteiger charge is 2.27. The molecule has 6 nitrogen and oxygen atoms in total. The van der Waals surface area contributed by atoms with Crippen molar-refractivity contribution in [1.82, 2.24) is 14.8 Å². The lowest BCUT2D eigenvalue weighted by Crippen LogP contribution is -2.33. The molecule has 2 N–H and O–H groups in total. The Kier molecular flexibility index (Phi) is 2.75. The Morgan fingerprint density at radius 1 is 1.50 bits per heavy atom. The van der Waals surface area contributed by atoms with E-state index in [9.17, 15) is 8.42 Å². The molecule has 1 aromatic heterocycles. The molecule has 2 atom stereocenters. The maximum atomic E-state index is 11.5. The van der Waals surface area contributed by atoms with Gasteiger partial charge in [-0.05, 0) is 13.3 Å². The third-order valence-corrected chi connectivity index (χ3v) is 4.51. The molecule has 0 bridgehead atoms. The second-order valence-corrected chi connectivity index (χ2v) is 6.72. The van der Waals surface area contributed by atoms with Gasteiger partial charge in [0.15, 0.2) is 15.7 Å². The molecule has 2 rings (SSSR count). The summed E-state index contributed by atoms with van der Waals surface area (Å²) in [6.07, 6.45) is 2.86. The lowest BCUT2D eigenvalue weighted by molar-refractivity contribution is 0.442. The van der Waals surface area contributed by atoms with E-state index in [1.54, 1.807) is 6.92 Å². The van der Waals surface area contributed by atoms with Crippen molar-refractivity contribution in [1.29, 1.82) is 0 Å². The molecule has 0 spiro atoms. The van der Waals surface area contributed by atoms with Gasteiger partial charge < -0.3 is 10.3 Å². The molecule has 0 aliphatic carbocycles. The van der Waals surface area contributed by atoms with Crippen molar-refractivity contribution in [2.24, 2.45) is 5.73 Å². The van der Waals surface area contributed by atoms with Crippen LogP contribution < -0.4 is 5.73 Å². The second kappa shape index (κ2) is 3.81. The highest BCUT2D eigenvalue weighted by Crippen LogP contribution is 2.23. The first-order chi connectivity index (χ1) is 7.39. The molecular weight excluding hydrogens is 228 g/mol. The smallest absolute Gasteiger partial charge is 0.157 e. The first-order valence-electron chi connectivity index (χ1n) is 5.26. The van der Waals surface area contributed by atoms with E-state index < -0.39 is 15.1 Å². The third-order valence-electron chi connectivity index (χ3n) is 3.02. The Bertz CT molecular complexity index is 494. The van der Waals surface area contributed by atoms with E-state index in [0.29, 0.717) is 12.4 Å². The Hall–Kier alpha value is -0.950. The third kappa shape index (κ3) is 1.97. The SMILES string of the molecule is CC(c1nnc2n1CC(N)CC2)S(C)(=O)=O. The summed E-state index contributed by atoms with van der Waals surface area (Å²) in [6, 6.07) is 0.0639. The van der Waals surface area contributed by atoms with Gasteiger partial charge in [0.05, 0.1) is 0 Å². The lowest BCUT2D eigenvalue weighted by atomic mass is 10.1. The van der Waals surface area contributed by atoms with Gasteiger partial charge in [-0.25, -0.2) is 8.42 Å². The molecule has 1 aliphatic heterocycles. The minimum absolute atomic E-state index is 0.0639. The lowest BCUT2D eigenvalue weighted by Gasteiger charge is -2.22. The average molecular weight is 244 g/mol. The van der Waals surface area contributed by atoms with Crippen LogP contribution in [0.1, 0.15) is 30.2 Å². The van der Waals surface area contributed by atoms with Gasteiger partial charge in [-0.3, -0.25) is 0 Å². The van der Waals surface area contributed by atoms with Gasteiger partial charge >= 0.3 is 0 Å². The number of hydrogen-bond acceptors (Lipinski definition) is 5. The molecule has 7 heteroatoms. The number of hydrogen-bond donors (Lipinski definition) is 1. The summed E-state index contributed by atoms with van der Waals surface area (Å²) in [4.78, 5) is 0. The van der Waals surface area contributed by atoms with Crippen LogP contribution in [0.3, 0.4) is 0 Å². The quantitative estimate of drug-likeness (QED) is 0.768. The van der Waals surface area contributed by atoms with Gasteiger partial charge in [0.25, 0.3) is 0 Å². The fourth-order valence-electron chi connectivity index (χ4n) is 1.87. The van der Waals surface area contributed by atoms with Crippen molar-refractivity contribution in [2.75, 3.05) is 6.26 Å². The van der Waals surface area contributed by atoms with Crippen LogP contribution in [0.15, 0.2) is 0 Å². The summed E-state index contributed by atoms with van der Waals surface area (Å²) in [5.74, 6) is 1.35. The fourth-order valence-corrected chi connectivity index (χ4v) is 2.42. The standard InChI is InChI=1S/C9H16N4O2S/c1-6(16(2,14)15)9-12-11-8-4-3-7(10)5-13(8)9/h6-7H,3-5,10H2,1-2H3. The minimum Gasteiger partial charge on any atom is -0.326 e. The second-order valence-electron chi connectivity index (χ2n) is 4.36. The molecule has 90 valence electrons. The molecule has 1 aromatic rings. The van der Waals surface area contributed by atoms with Crippen LogP contribution >= 0.6 is 0 Å². The number of nitrogens with zero attached hydrogens (tertiary/aromatic N) is 3. The molecular formula is C9H16N4O2S. The van der Waals surface area contributed by atoms with E-state index >= 15 is 0 Å². The predicted molar refractivity (Wildman–Crippen MR) is 59.6 cm³/mol. The van der Waals surface area contributed by atoms with Gasteiger partial charge in [0, 0.05) is 25.3 Å². The first kappa shape index (κ1) is 11.5. The predicted octanol–water partition coefficient (Wildman–Crippen LogP) is -0.343. The zero-order valence-corrected chi connectivity index (χ0v) is 10.2. The van der Waals surface area contributed by atoms with Gasteiger partial charge in [0.1, 0.15) is 11.1 Å². The van der Waals surface area contributed by atoms with E-state index in [1.807, 2.05) is 4.57 Å². The summed E-state index contributed by atoms with van der Waals surface area (Å²) < 4.78 is 24.8. The van der Waals surface area contributed by atoms with Crippen LogP contribution in [0.4, 0.5) is 0 Å². The number of nitrogens with two attached hydrogens (primary N) is 1. The Morgan fingerprint density at radius 2 is 2.19 bits per heavy atom. The van der Waals surface area contributed by atoms with E-state index in [4.69, 9.17) is 5.73 Å². The fraction of sp³-hybridized carbons (Fsp3) is 0.778. The molecule has 0 radical (unpaired) electrons. The molecule has 16 heavy (non-hydrogen) atoms. The number of rotatable bonds is 2. The molecule has 0 fully saturated rings. The van der Waals surface area contributed by atoms with E-state index in [0.717, 1.165) is 18.7 Å². The van der Waals surface area contributed by atoms with Crippen molar-refractivity contribution in [3.8, 4) is 0 Å². The maximum absolute atomic E-state index is 11.5. The van der Waals surface area contributed by atoms with Crippen LogP contribution in [0.2, 0.25) is 0 Å². The maximum Gasteiger partial charge on any atom is 0.157 e. The molecule has 2 heterocycles. The number of aryl methyl sites for hydroxylation is 1. The monoisotopic (exact) mass is 244 g/mol. The Morgan fingerprint density at radius 3 is 2.81 bits per heavy atom. The van der Waals surface area contributed by atoms with E-state index in [-0.39, 0.29) is 6.04 Å². The van der Waals surface area contributed by atoms with Crippen molar-refractivity contribution < 1.29 is 8.42 Å². The van der Waals surface area contributed by atoms with Crippen LogP contribution in [0.25, 0.3) is 0 Å². The highest BCUT2D eigenvalue weighted by atomic mass is 32.2. The summed E-state index contributed by atoms with van der Waals surface area (Å²) >= 11 is 0. The molecule has 2 unspecified atom stereocenters. The molecule has 0 amide bonds. The highest BCUT2D eigenvalue weighted by molar-refractivity contribution is 7.90. The minimum atomic E-state index is -3.14. The van der Waals surface area contributed by atoms with Gasteiger partial charge in [-0.15, -0.1) is 10.2 Å². The van der Waals surface area contributed by atoms with E-state index in [2.05, 4.69) is 10.2 Å². The van der Waals surface area contributed by atoms with Crippen LogP contribution in [0, 0.1) is 0 Å². The van der Waals surface area contributed by atoms with E-state index in [1.165, 1.54) is 6.26 Å². The number of sulfone groups is 1. The Balaban J connectivity index is 2.41. The normalized spacial score (nSPS) is 22.8. The number of aromatic nitrogens is 3. The molecule has 0 aromatic carbocycles. The van der Waals surface area contributed by atoms with Crippen LogP contribution in [0.5, 0.6) is 0 Å². The Labute approximate surface area is 94.8 Å². The van der Waals surface area contributed by atoms with Crippen molar-refractivity contribution >= 4 is 9.84 Å². The zero-order chi connectivity index (χ0) is 11.9.